The molecule has 0 saturated carbocycles. The molecular weight excluding hydrogens is 214 g/mol. The Balaban J connectivity index is 2.17. The Kier molecular flexibility index (Phi) is 3.18. The number of nitrogens with zero attached hydrogens (tertiary/aromatic N) is 4. The fourth-order valence-corrected chi connectivity index (χ4v) is 1.64. The van der Waals surface area contributed by atoms with Crippen molar-refractivity contribution in [3.05, 3.63) is 42.0 Å². The summed E-state index contributed by atoms with van der Waals surface area (Å²) in [4.78, 5) is 14.6. The lowest BCUT2D eigenvalue weighted by molar-refractivity contribution is 0.856. The summed E-state index contributed by atoms with van der Waals surface area (Å²) in [5.74, 6) is 1.11. The highest BCUT2D eigenvalue weighted by Gasteiger charge is 2.08. The predicted molar refractivity (Wildman–Crippen MR) is 67.5 cm³/mol. The topological polar surface area (TPSA) is 67.9 Å². The predicted octanol–water partition coefficient (Wildman–Crippen LogP) is 1.40. The second kappa shape index (κ2) is 4.78. The molecule has 0 aliphatic rings. The molecule has 2 heterocycles. The lowest BCUT2D eigenvalue weighted by Gasteiger charge is -2.18. The highest BCUT2D eigenvalue weighted by Crippen LogP contribution is 2.16. The summed E-state index contributed by atoms with van der Waals surface area (Å²) in [5, 5.41) is 0. The summed E-state index contributed by atoms with van der Waals surface area (Å²) in [5.41, 5.74) is 7.76. The molecule has 2 aromatic heterocycles. The maximum Gasteiger partial charge on any atom is 0.171 e. The Bertz CT molecular complexity index is 512. The molecule has 0 unspecified atom stereocenters. The molecule has 2 N–H and O–H groups in total. The molecule has 0 bridgehead atoms. The molecule has 2 rings (SSSR count). The Labute approximate surface area is 100 Å². The van der Waals surface area contributed by atoms with Crippen molar-refractivity contribution in [1.82, 2.24) is 15.0 Å². The van der Waals surface area contributed by atoms with E-state index in [9.17, 15) is 0 Å². The van der Waals surface area contributed by atoms with Crippen molar-refractivity contribution in [3.8, 4) is 0 Å². The van der Waals surface area contributed by atoms with Gasteiger partial charge in [0.15, 0.2) is 11.6 Å². The van der Waals surface area contributed by atoms with Crippen LogP contribution in [0.4, 0.5) is 11.6 Å². The van der Waals surface area contributed by atoms with Gasteiger partial charge in [-0.1, -0.05) is 6.07 Å². The molecule has 0 atom stereocenters. The van der Waals surface area contributed by atoms with Crippen molar-refractivity contribution >= 4 is 11.6 Å². The maximum absolute atomic E-state index is 5.77. The van der Waals surface area contributed by atoms with Gasteiger partial charge >= 0.3 is 0 Å². The van der Waals surface area contributed by atoms with E-state index in [1.807, 2.05) is 37.1 Å². The second-order valence-corrected chi connectivity index (χ2v) is 3.89. The van der Waals surface area contributed by atoms with E-state index in [2.05, 4.69) is 15.0 Å². The van der Waals surface area contributed by atoms with Crippen molar-refractivity contribution in [2.45, 2.75) is 13.5 Å². The van der Waals surface area contributed by atoms with Crippen molar-refractivity contribution in [2.24, 2.45) is 0 Å². The third-order valence-corrected chi connectivity index (χ3v) is 2.41. The third kappa shape index (κ3) is 2.69. The minimum atomic E-state index is 0.433. The quantitative estimate of drug-likeness (QED) is 0.861. The molecule has 0 fully saturated rings. The zero-order valence-corrected chi connectivity index (χ0v) is 9.96. The molecule has 2 aromatic rings. The largest absolute Gasteiger partial charge is 0.381 e. The van der Waals surface area contributed by atoms with Crippen LogP contribution in [0, 0.1) is 6.92 Å². The van der Waals surface area contributed by atoms with Crippen LogP contribution in [0.15, 0.2) is 30.6 Å². The summed E-state index contributed by atoms with van der Waals surface area (Å²) in [6.45, 7) is 2.63. The van der Waals surface area contributed by atoms with Crippen molar-refractivity contribution in [2.75, 3.05) is 17.7 Å². The van der Waals surface area contributed by atoms with Gasteiger partial charge in [0.1, 0.15) is 0 Å². The standard InChI is InChI=1S/C12H15N5/c1-9-4-3-5-10(16-9)8-17(2)12-11(13)14-6-7-15-12/h3-7H,8H2,1-2H3,(H2,13,14). The maximum atomic E-state index is 5.77. The molecule has 0 saturated heterocycles. The molecular formula is C12H15N5. The molecule has 0 aliphatic heterocycles. The van der Waals surface area contributed by atoms with Crippen LogP contribution in [0.25, 0.3) is 0 Å². The SMILES string of the molecule is Cc1cccc(CN(C)c2nccnc2N)n1. The first-order valence-corrected chi connectivity index (χ1v) is 5.37. The highest BCUT2D eigenvalue weighted by atomic mass is 15.2. The summed E-state index contributed by atoms with van der Waals surface area (Å²) in [6, 6.07) is 5.95. The number of pyridine rings is 1. The smallest absolute Gasteiger partial charge is 0.171 e. The molecule has 0 spiro atoms. The fourth-order valence-electron chi connectivity index (χ4n) is 1.64. The van der Waals surface area contributed by atoms with Gasteiger partial charge in [0.2, 0.25) is 0 Å². The van der Waals surface area contributed by atoms with E-state index in [1.165, 1.54) is 0 Å². The van der Waals surface area contributed by atoms with Crippen LogP contribution in [-0.2, 0) is 6.54 Å². The average Bonchev–Trinajstić information content (AvgIpc) is 2.29. The minimum absolute atomic E-state index is 0.433. The Morgan fingerprint density at radius 1 is 1.24 bits per heavy atom. The number of aryl methyl sites for hydroxylation is 1. The van der Waals surface area contributed by atoms with Crippen molar-refractivity contribution in [3.63, 3.8) is 0 Å². The Hall–Kier alpha value is -2.17. The van der Waals surface area contributed by atoms with Crippen LogP contribution in [0.5, 0.6) is 0 Å². The number of aromatic nitrogens is 3. The van der Waals surface area contributed by atoms with E-state index in [-0.39, 0.29) is 0 Å². The normalized spacial score (nSPS) is 10.2. The Morgan fingerprint density at radius 2 is 2.00 bits per heavy atom. The van der Waals surface area contributed by atoms with Gasteiger partial charge in [0.25, 0.3) is 0 Å². The summed E-state index contributed by atoms with van der Waals surface area (Å²) < 4.78 is 0. The van der Waals surface area contributed by atoms with Gasteiger partial charge < -0.3 is 10.6 Å². The van der Waals surface area contributed by atoms with Crippen LogP contribution in [0.3, 0.4) is 0 Å². The van der Waals surface area contributed by atoms with E-state index in [4.69, 9.17) is 5.73 Å². The molecule has 0 aliphatic carbocycles. The molecule has 5 nitrogen and oxygen atoms in total. The van der Waals surface area contributed by atoms with Gasteiger partial charge in [-0.05, 0) is 19.1 Å². The summed E-state index contributed by atoms with van der Waals surface area (Å²) in [7, 11) is 1.92. The fraction of sp³-hybridized carbons (Fsp3) is 0.250. The van der Waals surface area contributed by atoms with Gasteiger partial charge in [-0.3, -0.25) is 4.98 Å². The van der Waals surface area contributed by atoms with Gasteiger partial charge in [0, 0.05) is 25.1 Å². The van der Waals surface area contributed by atoms with E-state index < -0.39 is 0 Å². The number of nitrogen functional groups attached to an aromatic ring is 1. The lowest BCUT2D eigenvalue weighted by atomic mass is 10.3. The van der Waals surface area contributed by atoms with Crippen LogP contribution in [0.2, 0.25) is 0 Å². The molecule has 5 heteroatoms. The number of hydrogen-bond acceptors (Lipinski definition) is 5. The first-order chi connectivity index (χ1) is 8.16. The molecule has 0 amide bonds. The number of anilines is 2. The monoisotopic (exact) mass is 229 g/mol. The zero-order chi connectivity index (χ0) is 12.3. The van der Waals surface area contributed by atoms with E-state index >= 15 is 0 Å². The molecule has 17 heavy (non-hydrogen) atoms. The summed E-state index contributed by atoms with van der Waals surface area (Å²) >= 11 is 0. The van der Waals surface area contributed by atoms with Crippen LogP contribution < -0.4 is 10.6 Å². The summed E-state index contributed by atoms with van der Waals surface area (Å²) in [6.07, 6.45) is 3.21. The van der Waals surface area contributed by atoms with Gasteiger partial charge in [-0.15, -0.1) is 0 Å². The van der Waals surface area contributed by atoms with E-state index in [0.29, 0.717) is 18.2 Å². The first kappa shape index (κ1) is 11.3. The van der Waals surface area contributed by atoms with Crippen molar-refractivity contribution in [1.29, 1.82) is 0 Å². The van der Waals surface area contributed by atoms with Crippen LogP contribution >= 0.6 is 0 Å². The van der Waals surface area contributed by atoms with E-state index in [0.717, 1.165) is 11.4 Å². The first-order valence-electron chi connectivity index (χ1n) is 5.37. The number of nitrogens with two attached hydrogens (primary N) is 1. The van der Waals surface area contributed by atoms with Crippen molar-refractivity contribution < 1.29 is 0 Å². The van der Waals surface area contributed by atoms with Gasteiger partial charge in [0.05, 0.1) is 12.2 Å². The third-order valence-electron chi connectivity index (χ3n) is 2.41. The van der Waals surface area contributed by atoms with Gasteiger partial charge in [-0.25, -0.2) is 9.97 Å². The molecule has 0 radical (unpaired) electrons. The van der Waals surface area contributed by atoms with E-state index in [1.54, 1.807) is 12.4 Å². The molecule has 0 aromatic carbocycles. The second-order valence-electron chi connectivity index (χ2n) is 3.89. The minimum Gasteiger partial charge on any atom is -0.381 e. The van der Waals surface area contributed by atoms with Crippen LogP contribution in [-0.4, -0.2) is 22.0 Å². The number of rotatable bonds is 3. The average molecular weight is 229 g/mol. The highest BCUT2D eigenvalue weighted by molar-refractivity contribution is 5.56. The number of hydrogen-bond donors (Lipinski definition) is 1. The molecule has 88 valence electrons. The van der Waals surface area contributed by atoms with Crippen LogP contribution in [0.1, 0.15) is 11.4 Å². The zero-order valence-electron chi connectivity index (χ0n) is 9.96. The van der Waals surface area contributed by atoms with Gasteiger partial charge in [-0.2, -0.15) is 0 Å². The Morgan fingerprint density at radius 3 is 2.71 bits per heavy atom. The lowest BCUT2D eigenvalue weighted by Crippen LogP contribution is -2.20.